The van der Waals surface area contributed by atoms with Crippen molar-refractivity contribution in [2.24, 2.45) is 4.99 Å². The molecule has 172 valence electrons. The van der Waals surface area contributed by atoms with Crippen molar-refractivity contribution < 1.29 is 4.39 Å². The molecule has 8 nitrogen and oxygen atoms in total. The van der Waals surface area contributed by atoms with E-state index in [1.54, 1.807) is 29.3 Å². The van der Waals surface area contributed by atoms with Crippen LogP contribution in [0.5, 0.6) is 0 Å². The minimum Gasteiger partial charge on any atom is -0.383 e. The van der Waals surface area contributed by atoms with Gasteiger partial charge in [0.1, 0.15) is 23.6 Å². The maximum absolute atomic E-state index is 14.3. The zero-order valence-electron chi connectivity index (χ0n) is 18.9. The SMILES string of the molecule is CC(C1=CN=C(c2ccccc2F)C1)n1cc(-c2ccc(-n3nccn3)cc2)c2c(N)ncnc21. The number of allylic oxidation sites excluding steroid dienone is 1. The van der Waals surface area contributed by atoms with Crippen LogP contribution in [0.25, 0.3) is 27.8 Å². The van der Waals surface area contributed by atoms with Crippen molar-refractivity contribution in [3.63, 3.8) is 0 Å². The molecule has 6 rings (SSSR count). The zero-order valence-corrected chi connectivity index (χ0v) is 18.9. The first kappa shape index (κ1) is 20.9. The lowest BCUT2D eigenvalue weighted by molar-refractivity contribution is 0.623. The number of nitrogen functional groups attached to an aromatic ring is 1. The van der Waals surface area contributed by atoms with Crippen LogP contribution in [0.3, 0.4) is 0 Å². The fourth-order valence-corrected chi connectivity index (χ4v) is 4.49. The van der Waals surface area contributed by atoms with E-state index in [2.05, 4.69) is 36.6 Å². The zero-order chi connectivity index (χ0) is 23.9. The molecular formula is C26H21FN8. The van der Waals surface area contributed by atoms with Crippen LogP contribution in [-0.4, -0.2) is 35.2 Å². The van der Waals surface area contributed by atoms with E-state index in [0.717, 1.165) is 39.1 Å². The summed E-state index contributed by atoms with van der Waals surface area (Å²) in [6, 6.07) is 14.6. The molecule has 0 amide bonds. The van der Waals surface area contributed by atoms with E-state index in [0.29, 0.717) is 17.8 Å². The van der Waals surface area contributed by atoms with Crippen molar-refractivity contribution in [2.75, 3.05) is 5.73 Å². The van der Waals surface area contributed by atoms with E-state index in [-0.39, 0.29) is 11.9 Å². The summed E-state index contributed by atoms with van der Waals surface area (Å²) >= 11 is 0. The van der Waals surface area contributed by atoms with Gasteiger partial charge in [0, 0.05) is 29.9 Å². The Hall–Kier alpha value is -4.66. The van der Waals surface area contributed by atoms with Gasteiger partial charge < -0.3 is 10.3 Å². The van der Waals surface area contributed by atoms with Gasteiger partial charge in [0.25, 0.3) is 0 Å². The van der Waals surface area contributed by atoms with Crippen molar-refractivity contribution >= 4 is 22.6 Å². The summed E-state index contributed by atoms with van der Waals surface area (Å²) in [6.45, 7) is 2.08. The second kappa shape index (κ2) is 8.28. The lowest BCUT2D eigenvalue weighted by Crippen LogP contribution is -2.10. The number of hydrogen-bond acceptors (Lipinski definition) is 6. The Labute approximate surface area is 200 Å². The summed E-state index contributed by atoms with van der Waals surface area (Å²) < 4.78 is 16.4. The molecule has 0 bridgehead atoms. The number of aliphatic imine (C=N–C) groups is 1. The highest BCUT2D eigenvalue weighted by molar-refractivity contribution is 6.04. The number of anilines is 1. The van der Waals surface area contributed by atoms with Crippen LogP contribution in [0.2, 0.25) is 0 Å². The summed E-state index contributed by atoms with van der Waals surface area (Å²) in [6.07, 6.45) is 9.18. The number of aromatic nitrogens is 6. The molecule has 0 saturated heterocycles. The van der Waals surface area contributed by atoms with Gasteiger partial charge in [-0.15, -0.1) is 0 Å². The molecule has 1 aliphatic rings. The Balaban J connectivity index is 1.36. The van der Waals surface area contributed by atoms with Crippen LogP contribution >= 0.6 is 0 Å². The molecule has 0 fully saturated rings. The highest BCUT2D eigenvalue weighted by Gasteiger charge is 2.24. The molecule has 0 spiro atoms. The van der Waals surface area contributed by atoms with Crippen LogP contribution in [0, 0.1) is 5.82 Å². The van der Waals surface area contributed by atoms with E-state index in [4.69, 9.17) is 5.73 Å². The van der Waals surface area contributed by atoms with Crippen molar-refractivity contribution in [3.05, 3.63) is 96.6 Å². The third-order valence-corrected chi connectivity index (χ3v) is 6.36. The molecule has 0 aliphatic carbocycles. The van der Waals surface area contributed by atoms with E-state index >= 15 is 0 Å². The number of halogens is 1. The van der Waals surface area contributed by atoms with Gasteiger partial charge in [-0.1, -0.05) is 30.3 Å². The monoisotopic (exact) mass is 464 g/mol. The number of rotatable bonds is 5. The van der Waals surface area contributed by atoms with E-state index in [1.165, 1.54) is 12.4 Å². The average molecular weight is 465 g/mol. The molecule has 5 aromatic rings. The maximum atomic E-state index is 14.3. The average Bonchev–Trinajstić information content (AvgIpc) is 3.65. The second-order valence-electron chi connectivity index (χ2n) is 8.39. The number of nitrogens with two attached hydrogens (primary N) is 1. The van der Waals surface area contributed by atoms with Crippen LogP contribution in [-0.2, 0) is 0 Å². The molecule has 9 heteroatoms. The van der Waals surface area contributed by atoms with Gasteiger partial charge in [-0.3, -0.25) is 4.99 Å². The summed E-state index contributed by atoms with van der Waals surface area (Å²) in [4.78, 5) is 14.9. The minimum atomic E-state index is -0.267. The highest BCUT2D eigenvalue weighted by Crippen LogP contribution is 2.37. The summed E-state index contributed by atoms with van der Waals surface area (Å²) in [5, 5.41) is 9.15. The van der Waals surface area contributed by atoms with Crippen LogP contribution < -0.4 is 5.73 Å². The van der Waals surface area contributed by atoms with Crippen LogP contribution in [0.1, 0.15) is 24.9 Å². The molecule has 4 heterocycles. The van der Waals surface area contributed by atoms with E-state index in [1.807, 2.05) is 42.7 Å². The summed E-state index contributed by atoms with van der Waals surface area (Å²) in [5.74, 6) is 0.147. The van der Waals surface area contributed by atoms with Gasteiger partial charge in [-0.05, 0) is 36.3 Å². The molecule has 1 atom stereocenters. The van der Waals surface area contributed by atoms with Gasteiger partial charge in [0.15, 0.2) is 0 Å². The molecule has 35 heavy (non-hydrogen) atoms. The third kappa shape index (κ3) is 3.57. The van der Waals surface area contributed by atoms with Gasteiger partial charge in [-0.25, -0.2) is 14.4 Å². The van der Waals surface area contributed by atoms with Crippen LogP contribution in [0.15, 0.2) is 90.2 Å². The lowest BCUT2D eigenvalue weighted by atomic mass is 10.0. The van der Waals surface area contributed by atoms with Gasteiger partial charge in [0.05, 0.1) is 35.2 Å². The Morgan fingerprint density at radius 2 is 1.74 bits per heavy atom. The maximum Gasteiger partial charge on any atom is 0.146 e. The van der Waals surface area contributed by atoms with Crippen molar-refractivity contribution in [1.29, 1.82) is 0 Å². The molecule has 1 aliphatic heterocycles. The first-order valence-electron chi connectivity index (χ1n) is 11.2. The first-order chi connectivity index (χ1) is 17.1. The largest absolute Gasteiger partial charge is 0.383 e. The second-order valence-corrected chi connectivity index (χ2v) is 8.39. The molecule has 2 N–H and O–H groups in total. The number of hydrogen-bond donors (Lipinski definition) is 1. The van der Waals surface area contributed by atoms with Gasteiger partial charge in [0.2, 0.25) is 0 Å². The molecular weight excluding hydrogens is 443 g/mol. The predicted octanol–water partition coefficient (Wildman–Crippen LogP) is 4.74. The standard InChI is InChI=1S/C26H21FN8/c1-16(18-12-23(29-13-18)20-4-2-3-5-22(20)27)34-14-21(24-25(28)30-15-31-26(24)34)17-6-8-19(9-7-17)35-32-10-11-33-35/h2-11,13-16H,12H2,1H3,(H2,28,30,31). The van der Waals surface area contributed by atoms with Crippen molar-refractivity contribution in [3.8, 4) is 16.8 Å². The minimum absolute atomic E-state index is 0.0684. The molecule has 0 radical (unpaired) electrons. The number of fused-ring (bicyclic) bond motifs is 1. The topological polar surface area (TPSA) is 99.8 Å². The van der Waals surface area contributed by atoms with Crippen LogP contribution in [0.4, 0.5) is 10.2 Å². The quantitative estimate of drug-likeness (QED) is 0.405. The molecule has 2 aromatic carbocycles. The number of benzene rings is 2. The van der Waals surface area contributed by atoms with Crippen molar-refractivity contribution in [2.45, 2.75) is 19.4 Å². The lowest BCUT2D eigenvalue weighted by Gasteiger charge is -2.16. The summed E-state index contributed by atoms with van der Waals surface area (Å²) in [5.41, 5.74) is 12.1. The molecule has 0 saturated carbocycles. The normalized spacial score (nSPS) is 14.2. The Kier molecular flexibility index (Phi) is 4.95. The highest BCUT2D eigenvalue weighted by atomic mass is 19.1. The number of nitrogens with zero attached hydrogens (tertiary/aromatic N) is 7. The molecule has 1 unspecified atom stereocenters. The van der Waals surface area contributed by atoms with Gasteiger partial charge >= 0.3 is 0 Å². The van der Waals surface area contributed by atoms with Gasteiger partial charge in [-0.2, -0.15) is 15.0 Å². The van der Waals surface area contributed by atoms with E-state index in [9.17, 15) is 4.39 Å². The molecule has 3 aromatic heterocycles. The fourth-order valence-electron chi connectivity index (χ4n) is 4.49. The Bertz CT molecular complexity index is 1600. The Morgan fingerprint density at radius 1 is 0.971 bits per heavy atom. The smallest absolute Gasteiger partial charge is 0.146 e. The predicted molar refractivity (Wildman–Crippen MR) is 133 cm³/mol. The third-order valence-electron chi connectivity index (χ3n) is 6.36. The first-order valence-corrected chi connectivity index (χ1v) is 11.2. The Morgan fingerprint density at radius 3 is 2.51 bits per heavy atom. The van der Waals surface area contributed by atoms with E-state index < -0.39 is 0 Å². The van der Waals surface area contributed by atoms with Crippen molar-refractivity contribution in [1.82, 2.24) is 29.5 Å². The fraction of sp³-hybridized carbons (Fsp3) is 0.115. The summed E-state index contributed by atoms with van der Waals surface area (Å²) in [7, 11) is 0.